The van der Waals surface area contributed by atoms with E-state index in [1.165, 1.54) is 0 Å². The van der Waals surface area contributed by atoms with Gasteiger partial charge in [-0.2, -0.15) is 0 Å². The molecule has 2 aliphatic rings. The summed E-state index contributed by atoms with van der Waals surface area (Å²) in [6.07, 6.45) is 3.47. The van der Waals surface area contributed by atoms with Gasteiger partial charge in [0.2, 0.25) is 0 Å². The Bertz CT molecular complexity index is 510. The summed E-state index contributed by atoms with van der Waals surface area (Å²) < 4.78 is 5.30. The molecule has 22 heavy (non-hydrogen) atoms. The van der Waals surface area contributed by atoms with E-state index >= 15 is 0 Å². The van der Waals surface area contributed by atoms with E-state index in [2.05, 4.69) is 15.3 Å². The molecule has 2 saturated heterocycles. The second-order valence-corrected chi connectivity index (χ2v) is 5.83. The molecule has 0 spiro atoms. The van der Waals surface area contributed by atoms with Gasteiger partial charge in [-0.25, -0.2) is 14.8 Å². The summed E-state index contributed by atoms with van der Waals surface area (Å²) >= 11 is 0. The van der Waals surface area contributed by atoms with Crippen molar-refractivity contribution in [3.63, 3.8) is 0 Å². The van der Waals surface area contributed by atoms with Crippen molar-refractivity contribution in [2.24, 2.45) is 0 Å². The number of morpholine rings is 1. The van der Waals surface area contributed by atoms with Crippen molar-refractivity contribution < 1.29 is 9.53 Å². The Labute approximate surface area is 130 Å². The molecule has 0 atom stereocenters. The minimum absolute atomic E-state index is 0.152. The van der Waals surface area contributed by atoms with Crippen LogP contribution in [0, 0.1) is 6.92 Å². The van der Waals surface area contributed by atoms with Gasteiger partial charge in [-0.15, -0.1) is 0 Å². The molecule has 0 unspecified atom stereocenters. The number of hydrogen-bond donors (Lipinski definition) is 1. The van der Waals surface area contributed by atoms with Crippen LogP contribution in [0.4, 0.5) is 10.6 Å². The average molecular weight is 305 g/mol. The number of amides is 2. The van der Waals surface area contributed by atoms with Crippen molar-refractivity contribution in [3.8, 4) is 0 Å². The van der Waals surface area contributed by atoms with Crippen LogP contribution < -0.4 is 5.32 Å². The molecule has 7 nitrogen and oxygen atoms in total. The van der Waals surface area contributed by atoms with Crippen LogP contribution in [0.25, 0.3) is 0 Å². The Morgan fingerprint density at radius 3 is 2.55 bits per heavy atom. The highest BCUT2D eigenvalue weighted by Crippen LogP contribution is 2.17. The molecule has 1 aromatic heterocycles. The van der Waals surface area contributed by atoms with Crippen LogP contribution in [-0.2, 0) is 4.74 Å². The van der Waals surface area contributed by atoms with Crippen LogP contribution in [0.1, 0.15) is 18.5 Å². The molecule has 0 bridgehead atoms. The SMILES string of the molecule is Cc1cc(NC2CCN(C(=O)N3CCOCC3)CC2)ncn1. The number of likely N-dealkylation sites (tertiary alicyclic amines) is 1. The number of anilines is 1. The number of carbonyl (C=O) groups excluding carboxylic acids is 1. The maximum absolute atomic E-state index is 12.4. The summed E-state index contributed by atoms with van der Waals surface area (Å²) in [6.45, 7) is 6.24. The van der Waals surface area contributed by atoms with Gasteiger partial charge in [-0.05, 0) is 19.8 Å². The first kappa shape index (κ1) is 15.0. The number of nitrogens with zero attached hydrogens (tertiary/aromatic N) is 4. The molecule has 1 aromatic rings. The third kappa shape index (κ3) is 3.65. The standard InChI is InChI=1S/C15H23N5O2/c1-12-10-14(17-11-16-12)18-13-2-4-19(5-3-13)15(21)20-6-8-22-9-7-20/h10-11,13H,2-9H2,1H3,(H,16,17,18). The van der Waals surface area contributed by atoms with Gasteiger partial charge in [0.25, 0.3) is 0 Å². The number of rotatable bonds is 2. The zero-order valence-corrected chi connectivity index (χ0v) is 13.0. The largest absolute Gasteiger partial charge is 0.378 e. The van der Waals surface area contributed by atoms with Crippen molar-refractivity contribution in [1.29, 1.82) is 0 Å². The fourth-order valence-corrected chi connectivity index (χ4v) is 2.91. The number of aryl methyl sites for hydroxylation is 1. The molecule has 2 fully saturated rings. The summed E-state index contributed by atoms with van der Waals surface area (Å²) in [5, 5.41) is 3.44. The molecule has 2 amide bonds. The molecule has 3 heterocycles. The topological polar surface area (TPSA) is 70.6 Å². The number of ether oxygens (including phenoxy) is 1. The van der Waals surface area contributed by atoms with E-state index in [4.69, 9.17) is 4.74 Å². The molecule has 2 aliphatic heterocycles. The monoisotopic (exact) mass is 305 g/mol. The van der Waals surface area contributed by atoms with Crippen LogP contribution in [0.5, 0.6) is 0 Å². The van der Waals surface area contributed by atoms with Crippen LogP contribution in [0.2, 0.25) is 0 Å². The van der Waals surface area contributed by atoms with Gasteiger partial charge in [-0.1, -0.05) is 0 Å². The van der Waals surface area contributed by atoms with Crippen molar-refractivity contribution in [2.45, 2.75) is 25.8 Å². The maximum atomic E-state index is 12.4. The van der Waals surface area contributed by atoms with E-state index in [0.717, 1.165) is 37.4 Å². The van der Waals surface area contributed by atoms with Crippen LogP contribution in [-0.4, -0.2) is 71.2 Å². The van der Waals surface area contributed by atoms with Gasteiger partial charge in [0.05, 0.1) is 13.2 Å². The molecule has 0 saturated carbocycles. The lowest BCUT2D eigenvalue weighted by molar-refractivity contribution is 0.0414. The second-order valence-electron chi connectivity index (χ2n) is 5.83. The van der Waals surface area contributed by atoms with Crippen molar-refractivity contribution in [1.82, 2.24) is 19.8 Å². The Balaban J connectivity index is 1.48. The molecular formula is C15H23N5O2. The fraction of sp³-hybridized carbons (Fsp3) is 0.667. The predicted molar refractivity (Wildman–Crippen MR) is 82.8 cm³/mol. The highest BCUT2D eigenvalue weighted by atomic mass is 16.5. The number of aromatic nitrogens is 2. The predicted octanol–water partition coefficient (Wildman–Crippen LogP) is 1.11. The summed E-state index contributed by atoms with van der Waals surface area (Å²) in [5.41, 5.74) is 0.956. The first-order valence-electron chi connectivity index (χ1n) is 7.89. The molecule has 0 aromatic carbocycles. The summed E-state index contributed by atoms with van der Waals surface area (Å²) in [7, 11) is 0. The molecular weight excluding hydrogens is 282 g/mol. The van der Waals surface area contributed by atoms with E-state index in [1.807, 2.05) is 22.8 Å². The van der Waals surface area contributed by atoms with Gasteiger partial charge < -0.3 is 19.9 Å². The van der Waals surface area contributed by atoms with Crippen molar-refractivity contribution >= 4 is 11.8 Å². The van der Waals surface area contributed by atoms with Gasteiger partial charge in [-0.3, -0.25) is 0 Å². The minimum atomic E-state index is 0.152. The van der Waals surface area contributed by atoms with Crippen LogP contribution >= 0.6 is 0 Å². The number of carbonyl (C=O) groups is 1. The summed E-state index contributed by atoms with van der Waals surface area (Å²) in [4.78, 5) is 24.6. The molecule has 120 valence electrons. The Morgan fingerprint density at radius 1 is 1.18 bits per heavy atom. The molecule has 0 aliphatic carbocycles. The number of urea groups is 1. The lowest BCUT2D eigenvalue weighted by atomic mass is 10.1. The lowest BCUT2D eigenvalue weighted by Gasteiger charge is -2.37. The molecule has 3 rings (SSSR count). The zero-order chi connectivity index (χ0) is 15.4. The van der Waals surface area contributed by atoms with Crippen molar-refractivity contribution in [3.05, 3.63) is 18.1 Å². The van der Waals surface area contributed by atoms with Gasteiger partial charge in [0, 0.05) is 44.0 Å². The van der Waals surface area contributed by atoms with E-state index in [9.17, 15) is 4.79 Å². The molecule has 1 N–H and O–H groups in total. The fourth-order valence-electron chi connectivity index (χ4n) is 2.91. The third-order valence-electron chi connectivity index (χ3n) is 4.20. The highest BCUT2D eigenvalue weighted by molar-refractivity contribution is 5.74. The van der Waals surface area contributed by atoms with E-state index in [-0.39, 0.29) is 6.03 Å². The van der Waals surface area contributed by atoms with Gasteiger partial charge in [0.15, 0.2) is 0 Å². The quantitative estimate of drug-likeness (QED) is 0.886. The summed E-state index contributed by atoms with van der Waals surface area (Å²) in [6, 6.07) is 2.47. The number of nitrogens with one attached hydrogen (secondary N) is 1. The molecule has 0 radical (unpaired) electrons. The average Bonchev–Trinajstić information content (AvgIpc) is 2.56. The van der Waals surface area contributed by atoms with Crippen LogP contribution in [0.3, 0.4) is 0 Å². The molecule has 7 heteroatoms. The minimum Gasteiger partial charge on any atom is -0.378 e. The lowest BCUT2D eigenvalue weighted by Crippen LogP contribution is -2.51. The normalized spacial score (nSPS) is 20.0. The third-order valence-corrected chi connectivity index (χ3v) is 4.20. The van der Waals surface area contributed by atoms with Gasteiger partial charge in [0.1, 0.15) is 12.1 Å². The highest BCUT2D eigenvalue weighted by Gasteiger charge is 2.27. The zero-order valence-electron chi connectivity index (χ0n) is 13.0. The Hall–Kier alpha value is -1.89. The van der Waals surface area contributed by atoms with Crippen LogP contribution in [0.15, 0.2) is 12.4 Å². The first-order valence-corrected chi connectivity index (χ1v) is 7.89. The number of piperidine rings is 1. The Morgan fingerprint density at radius 2 is 1.86 bits per heavy atom. The maximum Gasteiger partial charge on any atom is 0.320 e. The van der Waals surface area contributed by atoms with E-state index in [1.54, 1.807) is 6.33 Å². The Kier molecular flexibility index (Phi) is 4.72. The number of hydrogen-bond acceptors (Lipinski definition) is 5. The van der Waals surface area contributed by atoms with E-state index < -0.39 is 0 Å². The summed E-state index contributed by atoms with van der Waals surface area (Å²) in [5.74, 6) is 0.866. The van der Waals surface area contributed by atoms with Crippen molar-refractivity contribution in [2.75, 3.05) is 44.7 Å². The van der Waals surface area contributed by atoms with Gasteiger partial charge >= 0.3 is 6.03 Å². The van der Waals surface area contributed by atoms with E-state index in [0.29, 0.717) is 32.3 Å². The second kappa shape index (κ2) is 6.91. The first-order chi connectivity index (χ1) is 10.7. The smallest absolute Gasteiger partial charge is 0.320 e.